The Bertz CT molecular complexity index is 2380. The van der Waals surface area contributed by atoms with Crippen LogP contribution in [-0.2, 0) is 59.2 Å². The highest BCUT2D eigenvalue weighted by molar-refractivity contribution is 7.09. The van der Waals surface area contributed by atoms with Gasteiger partial charge in [-0.1, -0.05) is 103 Å². The standard InChI is InChI=1S/C48H49N5O10S/c54-42-29-63-35-20-15-32(16-21-35)27-40(46(59)51-38(48(61)62)23-24-43(55)56)52-44(57)37(22-17-30-8-3-1-4-9-30)50-45(58)39(53-47(60)41(49-42)28-36-12-7-25-64-36)26-31-13-18-34(19-14-31)33-10-5-2-6-11-33/h1-16,18-21,25,37-41H,17,22-24,26-29H2,(H,49,54)(H,50,58)(H,51,59)(H,52,57)(H,53,60)(H,55,56)(H,61,62)/t37-,38+,39+,40+,41?/m1/s1. The van der Waals surface area contributed by atoms with Crippen LogP contribution in [-0.4, -0.2) is 88.5 Å². The van der Waals surface area contributed by atoms with Crippen LogP contribution in [0.2, 0.25) is 0 Å². The van der Waals surface area contributed by atoms with Crippen molar-refractivity contribution in [3.8, 4) is 16.9 Å². The second kappa shape index (κ2) is 22.7. The average molecular weight is 888 g/mol. The van der Waals surface area contributed by atoms with Crippen molar-refractivity contribution >= 4 is 52.8 Å². The molecule has 3 heterocycles. The van der Waals surface area contributed by atoms with E-state index in [2.05, 4.69) is 26.6 Å². The van der Waals surface area contributed by atoms with Gasteiger partial charge >= 0.3 is 11.9 Å². The van der Waals surface area contributed by atoms with Gasteiger partial charge in [0.05, 0.1) is 0 Å². The predicted molar refractivity (Wildman–Crippen MR) is 238 cm³/mol. The molecule has 5 atom stereocenters. The Morgan fingerprint density at radius 3 is 1.94 bits per heavy atom. The van der Waals surface area contributed by atoms with E-state index < -0.39 is 91.1 Å². The first-order valence-electron chi connectivity index (χ1n) is 20.8. The number of benzene rings is 4. The number of carbonyl (C=O) groups excluding carboxylic acids is 5. The highest BCUT2D eigenvalue weighted by atomic mass is 32.1. The number of thiophene rings is 1. The molecule has 0 fully saturated rings. The minimum atomic E-state index is -1.58. The van der Waals surface area contributed by atoms with Crippen LogP contribution in [0, 0.1) is 0 Å². The third kappa shape index (κ3) is 13.8. The SMILES string of the molecule is O=C(O)CC[C@H](NC(=O)[C@@H]1Cc2ccc(cc2)OCC(=O)NC(Cc2cccs2)C(=O)N[C@@H](Cc2ccc(-c3ccccc3)cc2)C(=O)N[C@H](CCc2ccccc2)C(=O)N1)C(=O)O. The molecule has 0 saturated heterocycles. The number of ether oxygens (including phenoxy) is 1. The van der Waals surface area contributed by atoms with Crippen molar-refractivity contribution < 1.29 is 48.5 Å². The van der Waals surface area contributed by atoms with E-state index in [1.165, 1.54) is 11.3 Å². The fourth-order valence-corrected chi connectivity index (χ4v) is 7.89. The van der Waals surface area contributed by atoms with Gasteiger partial charge in [0.1, 0.15) is 36.0 Å². The van der Waals surface area contributed by atoms with E-state index in [0.717, 1.165) is 21.6 Å². The Morgan fingerprint density at radius 1 is 0.672 bits per heavy atom. The number of nitrogens with one attached hydrogen (secondary N) is 5. The van der Waals surface area contributed by atoms with E-state index in [1.807, 2.05) is 102 Å². The van der Waals surface area contributed by atoms with E-state index in [9.17, 15) is 43.8 Å². The lowest BCUT2D eigenvalue weighted by atomic mass is 9.99. The average Bonchev–Trinajstić information content (AvgIpc) is 3.81. The van der Waals surface area contributed by atoms with Gasteiger partial charge in [0.15, 0.2) is 6.61 Å². The Morgan fingerprint density at radius 2 is 1.30 bits per heavy atom. The van der Waals surface area contributed by atoms with E-state index >= 15 is 0 Å². The molecule has 15 nitrogen and oxygen atoms in total. The zero-order chi connectivity index (χ0) is 45.4. The largest absolute Gasteiger partial charge is 0.484 e. The number of carboxylic acids is 2. The van der Waals surface area contributed by atoms with Crippen LogP contribution in [0.3, 0.4) is 0 Å². The van der Waals surface area contributed by atoms with Crippen molar-refractivity contribution in [2.24, 2.45) is 0 Å². The van der Waals surface area contributed by atoms with Gasteiger partial charge < -0.3 is 41.5 Å². The summed E-state index contributed by atoms with van der Waals surface area (Å²) in [5, 5.41) is 34.4. The van der Waals surface area contributed by atoms with Crippen LogP contribution in [0.15, 0.2) is 127 Å². The molecule has 0 aliphatic carbocycles. The third-order valence-corrected chi connectivity index (χ3v) is 11.5. The van der Waals surface area contributed by atoms with Crippen molar-refractivity contribution in [1.82, 2.24) is 26.6 Å². The van der Waals surface area contributed by atoms with Gasteiger partial charge in [0, 0.05) is 30.6 Å². The molecule has 1 unspecified atom stereocenters. The summed E-state index contributed by atoms with van der Waals surface area (Å²) in [5.74, 6) is -6.06. The number of aryl methyl sites for hydroxylation is 1. The predicted octanol–water partition coefficient (Wildman–Crippen LogP) is 3.84. The summed E-state index contributed by atoms with van der Waals surface area (Å²) in [6.45, 7) is -0.456. The smallest absolute Gasteiger partial charge is 0.326 e. The van der Waals surface area contributed by atoms with Crippen molar-refractivity contribution in [2.75, 3.05) is 6.61 Å². The number of hydrogen-bond donors (Lipinski definition) is 7. The van der Waals surface area contributed by atoms with Crippen molar-refractivity contribution in [1.29, 1.82) is 0 Å². The van der Waals surface area contributed by atoms with Gasteiger partial charge in [-0.2, -0.15) is 0 Å². The van der Waals surface area contributed by atoms with Gasteiger partial charge in [-0.05, 0) is 70.7 Å². The summed E-state index contributed by atoms with van der Waals surface area (Å²) in [6.07, 6.45) is -0.607. The number of aliphatic carboxylic acids is 2. The molecule has 4 aromatic carbocycles. The van der Waals surface area contributed by atoms with Gasteiger partial charge in [-0.15, -0.1) is 11.3 Å². The number of carboxylic acid groups (broad SMARTS) is 2. The number of carbonyl (C=O) groups is 7. The van der Waals surface area contributed by atoms with E-state index in [1.54, 1.807) is 24.3 Å². The van der Waals surface area contributed by atoms with Crippen molar-refractivity contribution in [2.45, 2.75) is 75.2 Å². The summed E-state index contributed by atoms with van der Waals surface area (Å²) >= 11 is 1.40. The normalized spacial score (nSPS) is 18.9. The lowest BCUT2D eigenvalue weighted by Crippen LogP contribution is -2.59. The summed E-state index contributed by atoms with van der Waals surface area (Å²) < 4.78 is 5.74. The molecule has 0 saturated carbocycles. The monoisotopic (exact) mass is 887 g/mol. The maximum absolute atomic E-state index is 14.6. The molecule has 0 radical (unpaired) electrons. The van der Waals surface area contributed by atoms with E-state index in [0.29, 0.717) is 17.5 Å². The second-order valence-corrected chi connectivity index (χ2v) is 16.4. The number of hydrogen-bond acceptors (Lipinski definition) is 9. The molecule has 64 heavy (non-hydrogen) atoms. The van der Waals surface area contributed by atoms with Crippen molar-refractivity contribution in [3.05, 3.63) is 148 Å². The third-order valence-electron chi connectivity index (χ3n) is 10.6. The van der Waals surface area contributed by atoms with Gasteiger partial charge in [0.25, 0.3) is 5.91 Å². The Balaban J connectivity index is 1.35. The first kappa shape index (κ1) is 46.2. The molecule has 0 spiro atoms. The zero-order valence-corrected chi connectivity index (χ0v) is 35.6. The molecule has 1 aromatic heterocycles. The van der Waals surface area contributed by atoms with Gasteiger partial charge in [0.2, 0.25) is 23.6 Å². The maximum Gasteiger partial charge on any atom is 0.326 e. The van der Waals surface area contributed by atoms with Crippen molar-refractivity contribution in [3.63, 3.8) is 0 Å². The van der Waals surface area contributed by atoms with Crippen LogP contribution in [0.25, 0.3) is 11.1 Å². The van der Waals surface area contributed by atoms with E-state index in [4.69, 9.17) is 4.74 Å². The number of fused-ring (bicyclic) bond motifs is 16. The Hall–Kier alpha value is -7.33. The topological polar surface area (TPSA) is 229 Å². The van der Waals surface area contributed by atoms with Crippen LogP contribution in [0.5, 0.6) is 5.75 Å². The van der Waals surface area contributed by atoms with Crippen LogP contribution in [0.1, 0.15) is 40.8 Å². The molecule has 2 aliphatic rings. The Labute approximate surface area is 373 Å². The van der Waals surface area contributed by atoms with Crippen LogP contribution in [0.4, 0.5) is 0 Å². The molecular formula is C48H49N5O10S. The van der Waals surface area contributed by atoms with E-state index in [-0.39, 0.29) is 31.4 Å². The number of amides is 5. The summed E-state index contributed by atoms with van der Waals surface area (Å²) in [7, 11) is 0. The lowest BCUT2D eigenvalue weighted by molar-refractivity contribution is -0.143. The molecule has 7 N–H and O–H groups in total. The zero-order valence-electron chi connectivity index (χ0n) is 34.7. The summed E-state index contributed by atoms with van der Waals surface area (Å²) in [5.41, 5.74) is 3.98. The summed E-state index contributed by atoms with van der Waals surface area (Å²) in [6, 6.07) is 29.8. The molecule has 332 valence electrons. The fraction of sp³-hybridized carbons (Fsp3) is 0.271. The first-order valence-corrected chi connectivity index (χ1v) is 21.7. The minimum absolute atomic E-state index is 0.00558. The molecule has 7 rings (SSSR count). The molecular weight excluding hydrogens is 839 g/mol. The molecule has 2 bridgehead atoms. The van der Waals surface area contributed by atoms with Gasteiger partial charge in [-0.3, -0.25) is 28.8 Å². The maximum atomic E-state index is 14.6. The second-order valence-electron chi connectivity index (χ2n) is 15.3. The molecule has 5 aromatic rings. The van der Waals surface area contributed by atoms with Crippen LogP contribution >= 0.6 is 11.3 Å². The highest BCUT2D eigenvalue weighted by Crippen LogP contribution is 2.21. The van der Waals surface area contributed by atoms with Crippen LogP contribution < -0.4 is 31.3 Å². The molecule has 5 amide bonds. The Kier molecular flexibility index (Phi) is 16.4. The lowest BCUT2D eigenvalue weighted by Gasteiger charge is -2.27. The molecule has 2 aliphatic heterocycles. The molecule has 16 heteroatoms. The number of rotatable bonds is 14. The van der Waals surface area contributed by atoms with Gasteiger partial charge in [-0.25, -0.2) is 4.79 Å². The summed E-state index contributed by atoms with van der Waals surface area (Å²) in [4.78, 5) is 94.7. The highest BCUT2D eigenvalue weighted by Gasteiger charge is 2.33. The quantitative estimate of drug-likeness (QED) is 0.0798. The minimum Gasteiger partial charge on any atom is -0.484 e. The first-order chi connectivity index (χ1) is 30.9. The fourth-order valence-electron chi connectivity index (χ4n) is 7.14.